The van der Waals surface area contributed by atoms with E-state index in [0.29, 0.717) is 0 Å². The van der Waals surface area contributed by atoms with Crippen LogP contribution in [-0.2, 0) is 6.42 Å². The summed E-state index contributed by atoms with van der Waals surface area (Å²) in [7, 11) is 0. The third kappa shape index (κ3) is 3.84. The molecule has 5 heteroatoms. The maximum Gasteiger partial charge on any atom is 0.159 e. The molecule has 102 valence electrons. The molecule has 2 aromatic rings. The quantitative estimate of drug-likeness (QED) is 0.829. The summed E-state index contributed by atoms with van der Waals surface area (Å²) in [6.45, 7) is 2.77. The predicted molar refractivity (Wildman–Crippen MR) is 78.5 cm³/mol. The number of nitrogens with one attached hydrogen (secondary N) is 1. The first-order valence-electron chi connectivity index (χ1n) is 6.01. The Morgan fingerprint density at radius 1 is 1.26 bits per heavy atom. The summed E-state index contributed by atoms with van der Waals surface area (Å²) in [4.78, 5) is 1.20. The molecule has 1 nitrogen and oxygen atoms in total. The second-order valence-electron chi connectivity index (χ2n) is 4.22. The molecule has 0 aliphatic heterocycles. The largest absolute Gasteiger partial charge is 0.310 e. The van der Waals surface area contributed by atoms with E-state index in [-0.39, 0.29) is 6.04 Å². The molecule has 0 saturated carbocycles. The van der Waals surface area contributed by atoms with Crippen molar-refractivity contribution in [3.05, 3.63) is 56.2 Å². The van der Waals surface area contributed by atoms with Gasteiger partial charge in [-0.25, -0.2) is 8.78 Å². The fourth-order valence-electron chi connectivity index (χ4n) is 1.95. The maximum absolute atomic E-state index is 13.3. The monoisotopic (exact) mass is 345 g/mol. The Labute approximate surface area is 123 Å². The highest BCUT2D eigenvalue weighted by Gasteiger charge is 2.14. The summed E-state index contributed by atoms with van der Waals surface area (Å²) < 4.78 is 27.3. The molecule has 1 N–H and O–H groups in total. The normalized spacial score (nSPS) is 12.6. The molecule has 0 saturated heterocycles. The van der Waals surface area contributed by atoms with Gasteiger partial charge in [0.25, 0.3) is 0 Å². The molecule has 0 aliphatic carbocycles. The van der Waals surface area contributed by atoms with E-state index in [9.17, 15) is 8.78 Å². The standard InChI is InChI=1S/C14H14BrF2NS/c1-2-18-14(7-11-6-10(15)8-19-11)9-3-4-12(16)13(17)5-9/h3-6,8,14,18H,2,7H2,1H3. The Hall–Kier alpha value is -0.780. The highest BCUT2D eigenvalue weighted by Crippen LogP contribution is 2.26. The van der Waals surface area contributed by atoms with Crippen LogP contribution in [0.4, 0.5) is 8.78 Å². The van der Waals surface area contributed by atoms with Gasteiger partial charge in [0.15, 0.2) is 11.6 Å². The minimum absolute atomic E-state index is 0.00866. The zero-order chi connectivity index (χ0) is 13.8. The molecule has 0 aliphatic rings. The number of benzene rings is 1. The first-order chi connectivity index (χ1) is 9.10. The number of thiophene rings is 1. The fraction of sp³-hybridized carbons (Fsp3) is 0.286. The molecule has 1 heterocycles. The summed E-state index contributed by atoms with van der Waals surface area (Å²) in [5.74, 6) is -1.61. The zero-order valence-corrected chi connectivity index (χ0v) is 12.8. The van der Waals surface area contributed by atoms with Crippen molar-refractivity contribution >= 4 is 27.3 Å². The number of hydrogen-bond acceptors (Lipinski definition) is 2. The van der Waals surface area contributed by atoms with Crippen molar-refractivity contribution in [3.8, 4) is 0 Å². The van der Waals surface area contributed by atoms with Crippen molar-refractivity contribution in [3.63, 3.8) is 0 Å². The van der Waals surface area contributed by atoms with Gasteiger partial charge in [-0.05, 0) is 46.2 Å². The lowest BCUT2D eigenvalue weighted by Gasteiger charge is -2.17. The highest BCUT2D eigenvalue weighted by atomic mass is 79.9. The molecular formula is C14H14BrF2NS. The minimum atomic E-state index is -0.808. The molecule has 1 aromatic carbocycles. The van der Waals surface area contributed by atoms with Crippen molar-refractivity contribution in [2.24, 2.45) is 0 Å². The minimum Gasteiger partial charge on any atom is -0.310 e. The van der Waals surface area contributed by atoms with Crippen LogP contribution in [0.25, 0.3) is 0 Å². The summed E-state index contributed by atoms with van der Waals surface area (Å²) in [5.41, 5.74) is 0.769. The van der Waals surface area contributed by atoms with Gasteiger partial charge in [0, 0.05) is 27.2 Å². The summed E-state index contributed by atoms with van der Waals surface area (Å²) in [5, 5.41) is 5.32. The summed E-state index contributed by atoms with van der Waals surface area (Å²) in [6, 6.07) is 6.12. The van der Waals surface area contributed by atoms with Gasteiger partial charge < -0.3 is 5.32 Å². The van der Waals surface area contributed by atoms with Gasteiger partial charge >= 0.3 is 0 Å². The summed E-state index contributed by atoms with van der Waals surface area (Å²) in [6.07, 6.45) is 0.759. The molecule has 0 fully saturated rings. The molecule has 2 rings (SSSR count). The molecule has 0 radical (unpaired) electrons. The molecule has 0 spiro atoms. The van der Waals surface area contributed by atoms with Crippen LogP contribution in [0.5, 0.6) is 0 Å². The number of likely N-dealkylation sites (N-methyl/N-ethyl adjacent to an activating group) is 1. The van der Waals surface area contributed by atoms with E-state index in [0.717, 1.165) is 23.0 Å². The smallest absolute Gasteiger partial charge is 0.159 e. The molecule has 1 unspecified atom stereocenters. The van der Waals surface area contributed by atoms with Crippen LogP contribution in [-0.4, -0.2) is 6.54 Å². The van der Waals surface area contributed by atoms with Crippen LogP contribution in [0.2, 0.25) is 0 Å². The average Bonchev–Trinajstić information content (AvgIpc) is 2.78. The van der Waals surface area contributed by atoms with Crippen LogP contribution >= 0.6 is 27.3 Å². The van der Waals surface area contributed by atoms with Gasteiger partial charge in [-0.3, -0.25) is 0 Å². The Morgan fingerprint density at radius 2 is 2.05 bits per heavy atom. The van der Waals surface area contributed by atoms with E-state index in [1.165, 1.54) is 17.0 Å². The highest BCUT2D eigenvalue weighted by molar-refractivity contribution is 9.10. The Kier molecular flexibility index (Phi) is 5.07. The third-order valence-corrected chi connectivity index (χ3v) is 4.54. The molecular weight excluding hydrogens is 332 g/mol. The second-order valence-corrected chi connectivity index (χ2v) is 6.13. The molecule has 0 bridgehead atoms. The lowest BCUT2D eigenvalue weighted by atomic mass is 10.0. The van der Waals surface area contributed by atoms with Crippen LogP contribution in [0.15, 0.2) is 34.1 Å². The van der Waals surface area contributed by atoms with E-state index in [2.05, 4.69) is 27.3 Å². The van der Waals surface area contributed by atoms with Gasteiger partial charge in [-0.15, -0.1) is 11.3 Å². The van der Waals surface area contributed by atoms with Crippen LogP contribution in [0.3, 0.4) is 0 Å². The zero-order valence-electron chi connectivity index (χ0n) is 10.4. The Morgan fingerprint density at radius 3 is 2.63 bits per heavy atom. The third-order valence-electron chi connectivity index (χ3n) is 2.82. The van der Waals surface area contributed by atoms with E-state index >= 15 is 0 Å². The number of halogens is 3. The van der Waals surface area contributed by atoms with Crippen molar-refractivity contribution in [1.29, 1.82) is 0 Å². The summed E-state index contributed by atoms with van der Waals surface area (Å²) >= 11 is 5.07. The van der Waals surface area contributed by atoms with Crippen molar-refractivity contribution in [2.75, 3.05) is 6.54 Å². The number of hydrogen-bond donors (Lipinski definition) is 1. The lowest BCUT2D eigenvalue weighted by molar-refractivity contribution is 0.497. The number of rotatable bonds is 5. The maximum atomic E-state index is 13.3. The van der Waals surface area contributed by atoms with Crippen molar-refractivity contribution < 1.29 is 8.78 Å². The van der Waals surface area contributed by atoms with Crippen molar-refractivity contribution in [2.45, 2.75) is 19.4 Å². The van der Waals surface area contributed by atoms with E-state index in [1.54, 1.807) is 17.4 Å². The van der Waals surface area contributed by atoms with E-state index < -0.39 is 11.6 Å². The first kappa shape index (κ1) is 14.6. The second kappa shape index (κ2) is 6.59. The lowest BCUT2D eigenvalue weighted by Crippen LogP contribution is -2.22. The van der Waals surface area contributed by atoms with Crippen LogP contribution in [0.1, 0.15) is 23.4 Å². The van der Waals surface area contributed by atoms with E-state index in [1.807, 2.05) is 12.3 Å². The van der Waals surface area contributed by atoms with E-state index in [4.69, 9.17) is 0 Å². The van der Waals surface area contributed by atoms with Gasteiger partial charge in [-0.1, -0.05) is 13.0 Å². The fourth-order valence-corrected chi connectivity index (χ4v) is 3.44. The van der Waals surface area contributed by atoms with Gasteiger partial charge in [-0.2, -0.15) is 0 Å². The van der Waals surface area contributed by atoms with Gasteiger partial charge in [0.2, 0.25) is 0 Å². The Balaban J connectivity index is 2.21. The Bertz CT molecular complexity index is 556. The molecule has 0 amide bonds. The SMILES string of the molecule is CCNC(Cc1cc(Br)cs1)c1ccc(F)c(F)c1. The van der Waals surface area contributed by atoms with Crippen LogP contribution in [0, 0.1) is 11.6 Å². The molecule has 1 atom stereocenters. The van der Waals surface area contributed by atoms with Crippen molar-refractivity contribution in [1.82, 2.24) is 5.32 Å². The molecule has 1 aromatic heterocycles. The van der Waals surface area contributed by atoms with Crippen LogP contribution < -0.4 is 5.32 Å². The molecule has 19 heavy (non-hydrogen) atoms. The predicted octanol–water partition coefficient (Wildman–Crippen LogP) is 4.68. The average molecular weight is 346 g/mol. The van der Waals surface area contributed by atoms with Gasteiger partial charge in [0.1, 0.15) is 0 Å². The topological polar surface area (TPSA) is 12.0 Å². The van der Waals surface area contributed by atoms with Gasteiger partial charge in [0.05, 0.1) is 0 Å². The first-order valence-corrected chi connectivity index (χ1v) is 7.68.